The Morgan fingerprint density at radius 1 is 1.18 bits per heavy atom. The molecule has 0 fully saturated rings. The number of hydrogen-bond acceptors (Lipinski definition) is 5. The molecular weight excluding hydrogens is 282 g/mol. The Balaban J connectivity index is 1.88. The molecule has 1 aliphatic rings. The number of methoxy groups -OCH3 is 1. The van der Waals surface area contributed by atoms with E-state index in [0.717, 1.165) is 11.1 Å². The first-order chi connectivity index (χ1) is 10.7. The van der Waals surface area contributed by atoms with E-state index in [1.165, 1.54) is 7.11 Å². The van der Waals surface area contributed by atoms with Gasteiger partial charge in [-0.2, -0.15) is 0 Å². The van der Waals surface area contributed by atoms with Gasteiger partial charge in [-0.25, -0.2) is 0 Å². The van der Waals surface area contributed by atoms with E-state index in [2.05, 4.69) is 5.16 Å². The molecule has 0 aliphatic heterocycles. The number of rotatable bonds is 4. The molecule has 3 rings (SSSR count). The lowest BCUT2D eigenvalue weighted by Crippen LogP contribution is -2.07. The van der Waals surface area contributed by atoms with Gasteiger partial charge in [0.15, 0.2) is 11.5 Å². The molecule has 2 aromatic carbocycles. The maximum Gasteiger partial charge on any atom is 0.211 e. The first kappa shape index (κ1) is 14.1. The third-order valence-electron chi connectivity index (χ3n) is 3.61. The lowest BCUT2D eigenvalue weighted by molar-refractivity contribution is 0.106. The highest BCUT2D eigenvalue weighted by atomic mass is 16.5. The van der Waals surface area contributed by atoms with Crippen LogP contribution in [0.3, 0.4) is 0 Å². The first-order valence-corrected chi connectivity index (χ1v) is 6.86. The fourth-order valence-corrected chi connectivity index (χ4v) is 2.46. The van der Waals surface area contributed by atoms with Crippen molar-refractivity contribution in [2.45, 2.75) is 13.0 Å². The summed E-state index contributed by atoms with van der Waals surface area (Å²) in [6.45, 7) is 0.408. The third-order valence-corrected chi connectivity index (χ3v) is 3.61. The number of fused-ring (bicyclic) bond motifs is 1. The number of benzene rings is 2. The van der Waals surface area contributed by atoms with Crippen LogP contribution in [0.4, 0.5) is 0 Å². The van der Waals surface area contributed by atoms with Gasteiger partial charge in [0.1, 0.15) is 12.3 Å². The Bertz CT molecular complexity index is 738. The molecular formula is C17H15NO4. The zero-order valence-corrected chi connectivity index (χ0v) is 12.1. The van der Waals surface area contributed by atoms with Crippen molar-refractivity contribution in [3.8, 4) is 11.5 Å². The molecule has 0 heterocycles. The predicted molar refractivity (Wildman–Crippen MR) is 81.0 cm³/mol. The summed E-state index contributed by atoms with van der Waals surface area (Å²) in [5.41, 5.74) is 2.45. The highest BCUT2D eigenvalue weighted by molar-refractivity contribution is 6.49. The number of nitrogens with zero attached hydrogens (tertiary/aromatic N) is 1. The summed E-state index contributed by atoms with van der Waals surface area (Å²) in [4.78, 5) is 12.0. The summed E-state index contributed by atoms with van der Waals surface area (Å²) in [7, 11) is 1.53. The maximum atomic E-state index is 12.0. The fourth-order valence-electron chi connectivity index (χ4n) is 2.46. The molecule has 1 aliphatic carbocycles. The first-order valence-electron chi connectivity index (χ1n) is 6.86. The predicted octanol–water partition coefficient (Wildman–Crippen LogP) is 2.84. The van der Waals surface area contributed by atoms with E-state index in [1.54, 1.807) is 12.1 Å². The normalized spacial score (nSPS) is 15.0. The Labute approximate surface area is 127 Å². The summed E-state index contributed by atoms with van der Waals surface area (Å²) >= 11 is 0. The highest BCUT2D eigenvalue weighted by Crippen LogP contribution is 2.34. The van der Waals surface area contributed by atoms with Crippen molar-refractivity contribution >= 4 is 11.5 Å². The van der Waals surface area contributed by atoms with Gasteiger partial charge in [-0.15, -0.1) is 0 Å². The van der Waals surface area contributed by atoms with Crippen LogP contribution in [0.2, 0.25) is 0 Å². The fraction of sp³-hybridized carbons (Fsp3) is 0.176. The number of ether oxygens (including phenoxy) is 2. The van der Waals surface area contributed by atoms with Crippen molar-refractivity contribution < 1.29 is 19.5 Å². The summed E-state index contributed by atoms with van der Waals surface area (Å²) < 4.78 is 11.1. The molecule has 0 saturated heterocycles. The van der Waals surface area contributed by atoms with Gasteiger partial charge in [-0.3, -0.25) is 4.79 Å². The summed E-state index contributed by atoms with van der Waals surface area (Å²) in [5.74, 6) is 0.782. The molecule has 0 aromatic heterocycles. The average molecular weight is 297 g/mol. The molecule has 5 heteroatoms. The van der Waals surface area contributed by atoms with Crippen LogP contribution in [0.1, 0.15) is 21.5 Å². The molecule has 0 unspecified atom stereocenters. The molecule has 5 nitrogen and oxygen atoms in total. The standard InChI is InChI=1S/C17H15NO4/c1-21-15-9-13-12(7-14(18-20)17(13)19)8-16(15)22-10-11-5-3-2-4-6-11/h2-6,8-9,20H,7,10H2,1H3/b18-14-. The van der Waals surface area contributed by atoms with E-state index in [0.29, 0.717) is 30.1 Å². The minimum atomic E-state index is -0.273. The van der Waals surface area contributed by atoms with Gasteiger partial charge in [-0.05, 0) is 23.3 Å². The number of oxime groups is 1. The largest absolute Gasteiger partial charge is 0.493 e. The zero-order chi connectivity index (χ0) is 15.5. The van der Waals surface area contributed by atoms with Crippen LogP contribution in [0.5, 0.6) is 11.5 Å². The van der Waals surface area contributed by atoms with E-state index in [-0.39, 0.29) is 11.5 Å². The van der Waals surface area contributed by atoms with Gasteiger partial charge in [0.25, 0.3) is 0 Å². The van der Waals surface area contributed by atoms with Crippen LogP contribution < -0.4 is 9.47 Å². The lowest BCUT2D eigenvalue weighted by atomic mass is 10.1. The highest BCUT2D eigenvalue weighted by Gasteiger charge is 2.29. The second kappa shape index (κ2) is 5.89. The van der Waals surface area contributed by atoms with E-state index in [4.69, 9.17) is 14.7 Å². The topological polar surface area (TPSA) is 68.1 Å². The Hall–Kier alpha value is -2.82. The molecule has 0 amide bonds. The van der Waals surface area contributed by atoms with Crippen molar-refractivity contribution in [3.05, 3.63) is 59.2 Å². The number of carbonyl (C=O) groups is 1. The average Bonchev–Trinajstić information content (AvgIpc) is 2.88. The van der Waals surface area contributed by atoms with Gasteiger partial charge >= 0.3 is 0 Å². The van der Waals surface area contributed by atoms with Crippen molar-refractivity contribution in [1.82, 2.24) is 0 Å². The molecule has 0 saturated carbocycles. The smallest absolute Gasteiger partial charge is 0.211 e. The minimum absolute atomic E-state index is 0.136. The van der Waals surface area contributed by atoms with E-state index in [9.17, 15) is 4.79 Å². The van der Waals surface area contributed by atoms with Crippen molar-refractivity contribution in [3.63, 3.8) is 0 Å². The molecule has 0 radical (unpaired) electrons. The molecule has 0 bridgehead atoms. The maximum absolute atomic E-state index is 12.0. The van der Waals surface area contributed by atoms with Crippen LogP contribution in [-0.2, 0) is 13.0 Å². The van der Waals surface area contributed by atoms with Crippen LogP contribution in [-0.4, -0.2) is 23.8 Å². The zero-order valence-electron chi connectivity index (χ0n) is 12.1. The monoisotopic (exact) mass is 297 g/mol. The summed E-state index contributed by atoms with van der Waals surface area (Å²) in [6.07, 6.45) is 0.302. The molecule has 22 heavy (non-hydrogen) atoms. The van der Waals surface area contributed by atoms with Crippen molar-refractivity contribution in [1.29, 1.82) is 0 Å². The van der Waals surface area contributed by atoms with Crippen LogP contribution in [0, 0.1) is 0 Å². The number of ketones is 1. The number of Topliss-reactive ketones (excluding diaryl/α,β-unsaturated/α-hetero) is 1. The van der Waals surface area contributed by atoms with Gasteiger partial charge < -0.3 is 14.7 Å². The van der Waals surface area contributed by atoms with E-state index < -0.39 is 0 Å². The van der Waals surface area contributed by atoms with Crippen molar-refractivity contribution in [2.24, 2.45) is 5.16 Å². The van der Waals surface area contributed by atoms with Gasteiger partial charge in [-0.1, -0.05) is 35.5 Å². The molecule has 0 spiro atoms. The SMILES string of the molecule is COc1cc2c(cc1OCc1ccccc1)C/C(=N/O)C2=O. The molecule has 1 N–H and O–H groups in total. The minimum Gasteiger partial charge on any atom is -0.493 e. The van der Waals surface area contributed by atoms with Gasteiger partial charge in [0.05, 0.1) is 7.11 Å². The molecule has 112 valence electrons. The number of carbonyl (C=O) groups excluding carboxylic acids is 1. The third kappa shape index (κ3) is 2.53. The van der Waals surface area contributed by atoms with Gasteiger partial charge in [0.2, 0.25) is 5.78 Å². The quantitative estimate of drug-likeness (QED) is 0.696. The summed E-state index contributed by atoms with van der Waals surface area (Å²) in [6, 6.07) is 13.2. The van der Waals surface area contributed by atoms with E-state index in [1.807, 2.05) is 30.3 Å². The van der Waals surface area contributed by atoms with Gasteiger partial charge in [0, 0.05) is 12.0 Å². The lowest BCUT2D eigenvalue weighted by Gasteiger charge is -2.12. The van der Waals surface area contributed by atoms with Crippen LogP contribution in [0.15, 0.2) is 47.6 Å². The number of hydrogen-bond donors (Lipinski definition) is 1. The Kier molecular flexibility index (Phi) is 3.78. The Morgan fingerprint density at radius 3 is 2.64 bits per heavy atom. The van der Waals surface area contributed by atoms with Crippen LogP contribution in [0.25, 0.3) is 0 Å². The van der Waals surface area contributed by atoms with Crippen molar-refractivity contribution in [2.75, 3.05) is 7.11 Å². The summed E-state index contributed by atoms with van der Waals surface area (Å²) in [5, 5.41) is 11.9. The second-order valence-electron chi connectivity index (χ2n) is 4.99. The molecule has 0 atom stereocenters. The van der Waals surface area contributed by atoms with E-state index >= 15 is 0 Å². The Morgan fingerprint density at radius 2 is 1.95 bits per heavy atom. The molecule has 2 aromatic rings. The van der Waals surface area contributed by atoms with Crippen LogP contribution >= 0.6 is 0 Å². The second-order valence-corrected chi connectivity index (χ2v) is 4.99.